The Bertz CT molecular complexity index is 499. The predicted octanol–water partition coefficient (Wildman–Crippen LogP) is 1.08. The molecule has 0 radical (unpaired) electrons. The smallest absolute Gasteiger partial charge is 0.308 e. The summed E-state index contributed by atoms with van der Waals surface area (Å²) in [5.41, 5.74) is 0.502. The van der Waals surface area contributed by atoms with Crippen molar-refractivity contribution in [3.8, 4) is 0 Å². The van der Waals surface area contributed by atoms with Gasteiger partial charge in [0.1, 0.15) is 5.82 Å². The normalized spacial score (nSPS) is 18.7. The van der Waals surface area contributed by atoms with Crippen molar-refractivity contribution in [3.05, 3.63) is 23.9 Å². The molecule has 0 aromatic carbocycles. The highest BCUT2D eigenvalue weighted by Crippen LogP contribution is 2.19. The number of carbonyl (C=O) groups is 2. The Morgan fingerprint density at radius 3 is 2.70 bits per heavy atom. The Morgan fingerprint density at radius 2 is 2.15 bits per heavy atom. The molecule has 0 aliphatic carbocycles. The Morgan fingerprint density at radius 1 is 1.40 bits per heavy atom. The molecular formula is C14H19N3O3. The van der Waals surface area contributed by atoms with Crippen molar-refractivity contribution >= 4 is 17.7 Å². The van der Waals surface area contributed by atoms with Crippen LogP contribution in [0, 0.1) is 5.92 Å². The summed E-state index contributed by atoms with van der Waals surface area (Å²) >= 11 is 0. The topological polar surface area (TPSA) is 73.7 Å². The molecule has 1 aromatic heterocycles. The minimum absolute atomic E-state index is 0.145. The van der Waals surface area contributed by atoms with E-state index in [1.165, 1.54) is 0 Å². The van der Waals surface area contributed by atoms with Gasteiger partial charge in [0.05, 0.1) is 11.5 Å². The zero-order valence-corrected chi connectivity index (χ0v) is 11.7. The number of anilines is 1. The largest absolute Gasteiger partial charge is 0.481 e. The fourth-order valence-corrected chi connectivity index (χ4v) is 2.32. The number of carboxylic acids is 1. The van der Waals surface area contributed by atoms with E-state index < -0.39 is 11.9 Å². The predicted molar refractivity (Wildman–Crippen MR) is 74.8 cm³/mol. The summed E-state index contributed by atoms with van der Waals surface area (Å²) in [7, 11) is 3.76. The van der Waals surface area contributed by atoms with E-state index in [-0.39, 0.29) is 12.5 Å². The van der Waals surface area contributed by atoms with Gasteiger partial charge in [-0.2, -0.15) is 0 Å². The van der Waals surface area contributed by atoms with E-state index in [1.54, 1.807) is 23.2 Å². The molecule has 1 atom stereocenters. The first-order valence-corrected chi connectivity index (χ1v) is 6.64. The molecule has 1 saturated heterocycles. The first-order valence-electron chi connectivity index (χ1n) is 6.64. The SMILES string of the molecule is CN(C)c1ccc(C(=O)N2CCC[C@H](C(=O)O)C2)cn1. The van der Waals surface area contributed by atoms with E-state index in [2.05, 4.69) is 4.98 Å². The van der Waals surface area contributed by atoms with Crippen molar-refractivity contribution in [2.75, 3.05) is 32.1 Å². The summed E-state index contributed by atoms with van der Waals surface area (Å²) in [5.74, 6) is -0.650. The minimum atomic E-state index is -0.830. The number of amides is 1. The highest BCUT2D eigenvalue weighted by molar-refractivity contribution is 5.94. The van der Waals surface area contributed by atoms with E-state index in [4.69, 9.17) is 5.11 Å². The maximum absolute atomic E-state index is 12.3. The summed E-state index contributed by atoms with van der Waals surface area (Å²) in [6.45, 7) is 0.891. The van der Waals surface area contributed by atoms with Crippen LogP contribution in [0.1, 0.15) is 23.2 Å². The Kier molecular flexibility index (Phi) is 4.22. The van der Waals surface area contributed by atoms with Gasteiger partial charge in [-0.05, 0) is 25.0 Å². The monoisotopic (exact) mass is 277 g/mol. The van der Waals surface area contributed by atoms with Crippen molar-refractivity contribution < 1.29 is 14.7 Å². The standard InChI is InChI=1S/C14H19N3O3/c1-16(2)12-6-5-10(8-15-12)13(18)17-7-3-4-11(9-17)14(19)20/h5-6,8,11H,3-4,7,9H2,1-2H3,(H,19,20)/t11-/m0/s1. The van der Waals surface area contributed by atoms with Gasteiger partial charge in [0.25, 0.3) is 5.91 Å². The third kappa shape index (κ3) is 3.07. The maximum atomic E-state index is 12.3. The highest BCUT2D eigenvalue weighted by atomic mass is 16.4. The molecule has 2 heterocycles. The Balaban J connectivity index is 2.08. The van der Waals surface area contributed by atoms with Crippen LogP contribution >= 0.6 is 0 Å². The molecule has 0 unspecified atom stereocenters. The lowest BCUT2D eigenvalue weighted by Crippen LogP contribution is -2.42. The zero-order valence-electron chi connectivity index (χ0n) is 11.7. The van der Waals surface area contributed by atoms with Gasteiger partial charge in [-0.25, -0.2) is 4.98 Å². The van der Waals surface area contributed by atoms with Crippen molar-refractivity contribution in [3.63, 3.8) is 0 Å². The van der Waals surface area contributed by atoms with Crippen LogP contribution in [0.2, 0.25) is 0 Å². The van der Waals surface area contributed by atoms with Gasteiger partial charge in [-0.3, -0.25) is 9.59 Å². The third-order valence-electron chi connectivity index (χ3n) is 3.51. The lowest BCUT2D eigenvalue weighted by molar-refractivity contribution is -0.143. The molecule has 6 heteroatoms. The van der Waals surface area contributed by atoms with Crippen molar-refractivity contribution in [2.24, 2.45) is 5.92 Å². The number of hydrogen-bond donors (Lipinski definition) is 1. The molecule has 108 valence electrons. The molecule has 0 bridgehead atoms. The molecular weight excluding hydrogens is 258 g/mol. The first kappa shape index (κ1) is 14.3. The summed E-state index contributed by atoms with van der Waals surface area (Å²) < 4.78 is 0. The van der Waals surface area contributed by atoms with Crippen molar-refractivity contribution in [1.29, 1.82) is 0 Å². The second kappa shape index (κ2) is 5.90. The summed E-state index contributed by atoms with van der Waals surface area (Å²) in [5, 5.41) is 9.05. The second-order valence-corrected chi connectivity index (χ2v) is 5.23. The average Bonchev–Trinajstić information content (AvgIpc) is 2.46. The number of aliphatic carboxylic acids is 1. The van der Waals surface area contributed by atoms with Crippen LogP contribution in [0.25, 0.3) is 0 Å². The Labute approximate surface area is 118 Å². The number of nitrogens with zero attached hydrogens (tertiary/aromatic N) is 3. The number of carbonyl (C=O) groups excluding carboxylic acids is 1. The fraction of sp³-hybridized carbons (Fsp3) is 0.500. The van der Waals surface area contributed by atoms with Gasteiger partial charge in [0.15, 0.2) is 0 Å². The number of rotatable bonds is 3. The average molecular weight is 277 g/mol. The second-order valence-electron chi connectivity index (χ2n) is 5.23. The van der Waals surface area contributed by atoms with Gasteiger partial charge in [0, 0.05) is 33.4 Å². The fourth-order valence-electron chi connectivity index (χ4n) is 2.32. The van der Waals surface area contributed by atoms with Crippen LogP contribution in [0.3, 0.4) is 0 Å². The van der Waals surface area contributed by atoms with E-state index in [0.29, 0.717) is 18.5 Å². The minimum Gasteiger partial charge on any atom is -0.481 e. The molecule has 1 aromatic rings. The highest BCUT2D eigenvalue weighted by Gasteiger charge is 2.28. The molecule has 1 aliphatic heterocycles. The van der Waals surface area contributed by atoms with Crippen LogP contribution in [0.15, 0.2) is 18.3 Å². The summed E-state index contributed by atoms with van der Waals surface area (Å²) in [6, 6.07) is 3.51. The number of carboxylic acid groups (broad SMARTS) is 1. The van der Waals surface area contributed by atoms with Crippen molar-refractivity contribution in [2.45, 2.75) is 12.8 Å². The first-order chi connectivity index (χ1) is 9.49. The molecule has 2 rings (SSSR count). The van der Waals surface area contributed by atoms with Crippen LogP contribution in [-0.4, -0.2) is 54.1 Å². The van der Waals surface area contributed by atoms with Gasteiger partial charge >= 0.3 is 5.97 Å². The number of hydrogen-bond acceptors (Lipinski definition) is 4. The maximum Gasteiger partial charge on any atom is 0.308 e. The van der Waals surface area contributed by atoms with Crippen LogP contribution in [0.4, 0.5) is 5.82 Å². The quantitative estimate of drug-likeness (QED) is 0.895. The van der Waals surface area contributed by atoms with E-state index in [1.807, 2.05) is 19.0 Å². The van der Waals surface area contributed by atoms with E-state index in [9.17, 15) is 9.59 Å². The van der Waals surface area contributed by atoms with E-state index >= 15 is 0 Å². The number of piperidine rings is 1. The van der Waals surface area contributed by atoms with Crippen LogP contribution in [0.5, 0.6) is 0 Å². The van der Waals surface area contributed by atoms with Gasteiger partial charge in [-0.1, -0.05) is 0 Å². The molecule has 0 spiro atoms. The molecule has 1 aliphatic rings. The van der Waals surface area contributed by atoms with Gasteiger partial charge < -0.3 is 14.9 Å². The van der Waals surface area contributed by atoms with Gasteiger partial charge in [0.2, 0.25) is 0 Å². The van der Waals surface area contributed by atoms with Crippen molar-refractivity contribution in [1.82, 2.24) is 9.88 Å². The number of pyridine rings is 1. The molecule has 1 N–H and O–H groups in total. The van der Waals surface area contributed by atoms with Crippen LogP contribution < -0.4 is 4.90 Å². The molecule has 20 heavy (non-hydrogen) atoms. The van der Waals surface area contributed by atoms with E-state index in [0.717, 1.165) is 12.2 Å². The molecule has 6 nitrogen and oxygen atoms in total. The van der Waals surface area contributed by atoms with Crippen LogP contribution in [-0.2, 0) is 4.79 Å². The lowest BCUT2D eigenvalue weighted by Gasteiger charge is -2.30. The molecule has 1 fully saturated rings. The molecule has 0 saturated carbocycles. The number of aromatic nitrogens is 1. The number of likely N-dealkylation sites (tertiary alicyclic amines) is 1. The Hall–Kier alpha value is -2.11. The zero-order chi connectivity index (χ0) is 14.7. The van der Waals surface area contributed by atoms with Gasteiger partial charge in [-0.15, -0.1) is 0 Å². The summed E-state index contributed by atoms with van der Waals surface area (Å²) in [4.78, 5) is 31.0. The lowest BCUT2D eigenvalue weighted by atomic mass is 9.98. The molecule has 1 amide bonds. The third-order valence-corrected chi connectivity index (χ3v) is 3.51. The summed E-state index contributed by atoms with van der Waals surface area (Å²) in [6.07, 6.45) is 2.91.